The highest BCUT2D eigenvalue weighted by atomic mass is 16.5. The van der Waals surface area contributed by atoms with Gasteiger partial charge in [0, 0.05) is 41.6 Å². The van der Waals surface area contributed by atoms with Crippen LogP contribution in [0.15, 0.2) is 54.7 Å². The Morgan fingerprint density at radius 3 is 2.93 bits per heavy atom. The first-order valence-electron chi connectivity index (χ1n) is 9.57. The minimum Gasteiger partial charge on any atom is -0.445 e. The van der Waals surface area contributed by atoms with E-state index in [2.05, 4.69) is 40.0 Å². The van der Waals surface area contributed by atoms with E-state index in [1.165, 1.54) is 22.0 Å². The monoisotopic (exact) mass is 361 g/mol. The Labute approximate surface area is 158 Å². The summed E-state index contributed by atoms with van der Waals surface area (Å²) < 4.78 is 5.39. The summed E-state index contributed by atoms with van der Waals surface area (Å²) in [5.41, 5.74) is 4.98. The third kappa shape index (κ3) is 3.08. The lowest BCUT2D eigenvalue weighted by atomic mass is 9.75. The van der Waals surface area contributed by atoms with Crippen LogP contribution in [0.3, 0.4) is 0 Å². The predicted molar refractivity (Wildman–Crippen MR) is 105 cm³/mol. The van der Waals surface area contributed by atoms with Gasteiger partial charge in [-0.05, 0) is 35.6 Å². The van der Waals surface area contributed by atoms with Gasteiger partial charge in [0.25, 0.3) is 0 Å². The van der Waals surface area contributed by atoms with Crippen LogP contribution >= 0.6 is 0 Å². The Balaban J connectivity index is 1.26. The minimum absolute atomic E-state index is 0.0743. The predicted octanol–water partition coefficient (Wildman–Crippen LogP) is 3.46. The molecule has 5 rings (SSSR count). The van der Waals surface area contributed by atoms with Crippen molar-refractivity contribution in [1.82, 2.24) is 15.6 Å². The SMILES string of the molecule is O=C(N[C@@H]1CN[C@@H]2Cc3c[nH]c4cccc(c34)[C@H]2C1)OCc1ccccc1. The van der Waals surface area contributed by atoms with Crippen molar-refractivity contribution in [3.63, 3.8) is 0 Å². The Hall–Kier alpha value is -2.79. The second kappa shape index (κ2) is 6.74. The first kappa shape index (κ1) is 16.4. The number of rotatable bonds is 3. The second-order valence-electron chi connectivity index (χ2n) is 7.55. The van der Waals surface area contributed by atoms with Gasteiger partial charge in [0.05, 0.1) is 0 Å². The van der Waals surface area contributed by atoms with Crippen molar-refractivity contribution in [1.29, 1.82) is 0 Å². The van der Waals surface area contributed by atoms with E-state index in [1.807, 2.05) is 30.3 Å². The number of fused-ring (bicyclic) bond motifs is 2. The molecule has 5 heteroatoms. The van der Waals surface area contributed by atoms with Gasteiger partial charge in [-0.25, -0.2) is 4.79 Å². The lowest BCUT2D eigenvalue weighted by Gasteiger charge is -2.40. The molecule has 2 aliphatic rings. The average molecular weight is 361 g/mol. The molecule has 1 aliphatic heterocycles. The Morgan fingerprint density at radius 2 is 2.04 bits per heavy atom. The second-order valence-corrected chi connectivity index (χ2v) is 7.55. The number of nitrogens with one attached hydrogen (secondary N) is 3. The maximum Gasteiger partial charge on any atom is 0.407 e. The fourth-order valence-electron chi connectivity index (χ4n) is 4.58. The fourth-order valence-corrected chi connectivity index (χ4v) is 4.58. The van der Waals surface area contributed by atoms with Crippen LogP contribution in [0.4, 0.5) is 4.79 Å². The molecule has 0 bridgehead atoms. The van der Waals surface area contributed by atoms with Crippen molar-refractivity contribution in [2.45, 2.75) is 37.5 Å². The molecular formula is C22H23N3O2. The molecule has 138 valence electrons. The number of piperidine rings is 1. The number of benzene rings is 2. The van der Waals surface area contributed by atoms with Gasteiger partial charge in [-0.15, -0.1) is 0 Å². The fraction of sp³-hybridized carbons (Fsp3) is 0.318. The van der Waals surface area contributed by atoms with E-state index in [0.717, 1.165) is 24.9 Å². The van der Waals surface area contributed by atoms with E-state index in [1.54, 1.807) is 0 Å². The number of hydrogen-bond donors (Lipinski definition) is 3. The van der Waals surface area contributed by atoms with Gasteiger partial charge < -0.3 is 20.4 Å². The zero-order valence-corrected chi connectivity index (χ0v) is 15.1. The molecule has 0 saturated carbocycles. The third-order valence-corrected chi connectivity index (χ3v) is 5.84. The number of carbonyl (C=O) groups is 1. The molecule has 2 heterocycles. The molecule has 0 radical (unpaired) electrons. The molecule has 3 atom stereocenters. The van der Waals surface area contributed by atoms with Crippen molar-refractivity contribution in [3.8, 4) is 0 Å². The standard InChI is InChI=1S/C22H23N3O2/c26-22(27-13-14-5-2-1-3-6-14)25-16-10-18-17-7-4-8-19-21(17)15(11-23-19)9-20(18)24-12-16/h1-8,11,16,18,20,23-24H,9-10,12-13H2,(H,25,26)/t16-,18+,20+/m0/s1. The van der Waals surface area contributed by atoms with Gasteiger partial charge in [-0.3, -0.25) is 0 Å². The summed E-state index contributed by atoms with van der Waals surface area (Å²) in [5, 5.41) is 8.05. The van der Waals surface area contributed by atoms with Gasteiger partial charge in [0.15, 0.2) is 0 Å². The van der Waals surface area contributed by atoms with E-state index >= 15 is 0 Å². The van der Waals surface area contributed by atoms with Crippen LogP contribution in [0.5, 0.6) is 0 Å². The molecule has 3 aromatic rings. The maximum absolute atomic E-state index is 12.2. The molecule has 0 spiro atoms. The molecule has 1 amide bonds. The summed E-state index contributed by atoms with van der Waals surface area (Å²) in [6.45, 7) is 1.07. The van der Waals surface area contributed by atoms with Crippen molar-refractivity contribution in [2.75, 3.05) is 6.54 Å². The lowest BCUT2D eigenvalue weighted by molar-refractivity contribution is 0.131. The van der Waals surface area contributed by atoms with Gasteiger partial charge in [-0.1, -0.05) is 42.5 Å². The van der Waals surface area contributed by atoms with Crippen molar-refractivity contribution in [2.24, 2.45) is 0 Å². The highest BCUT2D eigenvalue weighted by molar-refractivity contribution is 5.88. The van der Waals surface area contributed by atoms with E-state index in [0.29, 0.717) is 18.6 Å². The number of amides is 1. The highest BCUT2D eigenvalue weighted by Crippen LogP contribution is 2.40. The number of alkyl carbamates (subject to hydrolysis) is 1. The summed E-state index contributed by atoms with van der Waals surface area (Å²) in [6.07, 6.45) is 3.76. The van der Waals surface area contributed by atoms with E-state index in [4.69, 9.17) is 4.74 Å². The molecule has 1 aromatic heterocycles. The lowest BCUT2D eigenvalue weighted by Crippen LogP contribution is -2.54. The molecule has 27 heavy (non-hydrogen) atoms. The molecule has 3 N–H and O–H groups in total. The van der Waals surface area contributed by atoms with E-state index in [-0.39, 0.29) is 12.1 Å². The zero-order valence-electron chi connectivity index (χ0n) is 15.1. The minimum atomic E-state index is -0.347. The summed E-state index contributed by atoms with van der Waals surface area (Å²) in [6, 6.07) is 16.7. The van der Waals surface area contributed by atoms with Crippen LogP contribution in [-0.4, -0.2) is 29.7 Å². The normalized spacial score (nSPS) is 23.6. The molecule has 1 saturated heterocycles. The molecule has 2 aromatic carbocycles. The average Bonchev–Trinajstić information content (AvgIpc) is 3.12. The number of aromatic nitrogens is 1. The Bertz CT molecular complexity index is 966. The number of carbonyl (C=O) groups excluding carboxylic acids is 1. The largest absolute Gasteiger partial charge is 0.445 e. The number of ether oxygens (including phenoxy) is 1. The highest BCUT2D eigenvalue weighted by Gasteiger charge is 2.36. The first-order chi connectivity index (χ1) is 13.3. The van der Waals surface area contributed by atoms with Gasteiger partial charge in [-0.2, -0.15) is 0 Å². The van der Waals surface area contributed by atoms with Crippen molar-refractivity contribution < 1.29 is 9.53 Å². The van der Waals surface area contributed by atoms with Crippen LogP contribution in [0, 0.1) is 0 Å². The van der Waals surface area contributed by atoms with Crippen LogP contribution in [0.1, 0.15) is 29.0 Å². The summed E-state index contributed by atoms with van der Waals surface area (Å²) in [7, 11) is 0. The summed E-state index contributed by atoms with van der Waals surface area (Å²) >= 11 is 0. The van der Waals surface area contributed by atoms with Gasteiger partial charge in [0.2, 0.25) is 0 Å². The van der Waals surface area contributed by atoms with E-state index < -0.39 is 0 Å². The molecule has 0 unspecified atom stereocenters. The van der Waals surface area contributed by atoms with Crippen molar-refractivity contribution >= 4 is 17.0 Å². The number of aromatic amines is 1. The van der Waals surface area contributed by atoms with E-state index in [9.17, 15) is 4.79 Å². The Kier molecular flexibility index (Phi) is 4.09. The summed E-state index contributed by atoms with van der Waals surface area (Å²) in [4.78, 5) is 15.6. The van der Waals surface area contributed by atoms with Crippen LogP contribution in [-0.2, 0) is 17.8 Å². The molecule has 1 aliphatic carbocycles. The van der Waals surface area contributed by atoms with Crippen LogP contribution in [0.25, 0.3) is 10.9 Å². The van der Waals surface area contributed by atoms with Crippen molar-refractivity contribution in [3.05, 3.63) is 71.4 Å². The van der Waals surface area contributed by atoms with Gasteiger partial charge >= 0.3 is 6.09 Å². The molecular weight excluding hydrogens is 338 g/mol. The summed E-state index contributed by atoms with van der Waals surface area (Å²) in [5.74, 6) is 0.408. The van der Waals surface area contributed by atoms with Crippen LogP contribution in [0.2, 0.25) is 0 Å². The number of hydrogen-bond acceptors (Lipinski definition) is 3. The quantitative estimate of drug-likeness (QED) is 0.669. The Morgan fingerprint density at radius 1 is 1.15 bits per heavy atom. The van der Waals surface area contributed by atoms with Crippen LogP contribution < -0.4 is 10.6 Å². The smallest absolute Gasteiger partial charge is 0.407 e. The topological polar surface area (TPSA) is 66.2 Å². The maximum atomic E-state index is 12.2. The molecule has 5 nitrogen and oxygen atoms in total. The zero-order chi connectivity index (χ0) is 18.2. The van der Waals surface area contributed by atoms with Gasteiger partial charge in [0.1, 0.15) is 6.61 Å². The number of H-pyrrole nitrogens is 1. The molecule has 1 fully saturated rings. The first-order valence-corrected chi connectivity index (χ1v) is 9.57. The third-order valence-electron chi connectivity index (χ3n) is 5.84.